The van der Waals surface area contributed by atoms with Gasteiger partial charge >= 0.3 is 0 Å². The molecule has 2 aliphatic rings. The van der Waals surface area contributed by atoms with Gasteiger partial charge in [-0.05, 0) is 43.4 Å². The van der Waals surface area contributed by atoms with Crippen LogP contribution in [0, 0.1) is 0 Å². The molecule has 1 aromatic heterocycles. The standard InChI is InChI=1S/C22H28N4O2/c1-16(27)26(14-17-12-23-15-24-13-17)19-6-4-9-25(10-8-19)21-11-18-5-2-3-7-20(18)22(21)28/h2-3,5,7,12-13,15,19,21-22,28H,4,6,8-11,14H2,1H3/t19-,21+,22-/m1/s1. The fraction of sp³-hybridized carbons (Fsp3) is 0.500. The second kappa shape index (κ2) is 8.37. The van der Waals surface area contributed by atoms with E-state index in [1.807, 2.05) is 23.1 Å². The molecular formula is C22H28N4O2. The first kappa shape index (κ1) is 19.0. The maximum atomic E-state index is 12.3. The van der Waals surface area contributed by atoms with E-state index in [4.69, 9.17) is 0 Å². The van der Waals surface area contributed by atoms with Gasteiger partial charge in [-0.1, -0.05) is 24.3 Å². The van der Waals surface area contributed by atoms with Gasteiger partial charge < -0.3 is 10.0 Å². The average Bonchev–Trinajstić information content (AvgIpc) is 2.89. The summed E-state index contributed by atoms with van der Waals surface area (Å²) in [4.78, 5) is 24.9. The third kappa shape index (κ3) is 3.93. The Bertz CT molecular complexity index is 813. The average molecular weight is 380 g/mol. The number of aliphatic hydroxyl groups excluding tert-OH is 1. The molecule has 0 spiro atoms. The van der Waals surface area contributed by atoms with Crippen LogP contribution in [-0.4, -0.2) is 56.0 Å². The summed E-state index contributed by atoms with van der Waals surface area (Å²) in [5.74, 6) is 0.0932. The zero-order valence-corrected chi connectivity index (χ0v) is 16.4. The second-order valence-electron chi connectivity index (χ2n) is 7.93. The summed E-state index contributed by atoms with van der Waals surface area (Å²) < 4.78 is 0. The van der Waals surface area contributed by atoms with E-state index in [2.05, 4.69) is 20.9 Å². The van der Waals surface area contributed by atoms with Crippen molar-refractivity contribution in [1.29, 1.82) is 0 Å². The topological polar surface area (TPSA) is 69.6 Å². The zero-order chi connectivity index (χ0) is 19.5. The summed E-state index contributed by atoms with van der Waals surface area (Å²) in [5.41, 5.74) is 3.29. The first-order valence-electron chi connectivity index (χ1n) is 10.1. The molecular weight excluding hydrogens is 352 g/mol. The number of aliphatic hydroxyl groups is 1. The highest BCUT2D eigenvalue weighted by Crippen LogP contribution is 2.35. The van der Waals surface area contributed by atoms with Crippen LogP contribution in [-0.2, 0) is 17.8 Å². The SMILES string of the molecule is CC(=O)N(Cc1cncnc1)[C@@H]1CCCN([C@H]2Cc3ccccc3[C@H]2O)CC1. The van der Waals surface area contributed by atoms with Crippen molar-refractivity contribution < 1.29 is 9.90 Å². The molecule has 1 N–H and O–H groups in total. The highest BCUT2D eigenvalue weighted by Gasteiger charge is 2.36. The number of fused-ring (bicyclic) bond motifs is 1. The van der Waals surface area contributed by atoms with Crippen molar-refractivity contribution in [3.05, 3.63) is 59.7 Å². The van der Waals surface area contributed by atoms with Gasteiger partial charge in [-0.2, -0.15) is 0 Å². The molecule has 2 aromatic rings. The Kier molecular flexibility index (Phi) is 5.69. The second-order valence-corrected chi connectivity index (χ2v) is 7.93. The molecule has 148 valence electrons. The van der Waals surface area contributed by atoms with E-state index in [9.17, 15) is 9.90 Å². The Hall–Kier alpha value is -2.31. The molecule has 3 atom stereocenters. The molecule has 0 radical (unpaired) electrons. The lowest BCUT2D eigenvalue weighted by molar-refractivity contribution is -0.132. The third-order valence-corrected chi connectivity index (χ3v) is 6.18. The fourth-order valence-electron chi connectivity index (χ4n) is 4.73. The smallest absolute Gasteiger partial charge is 0.219 e. The normalized spacial score (nSPS) is 25.1. The summed E-state index contributed by atoms with van der Waals surface area (Å²) in [6, 6.07) is 8.57. The highest BCUT2D eigenvalue weighted by molar-refractivity contribution is 5.73. The van der Waals surface area contributed by atoms with Gasteiger partial charge in [-0.25, -0.2) is 9.97 Å². The van der Waals surface area contributed by atoms with Gasteiger partial charge in [-0.3, -0.25) is 9.69 Å². The van der Waals surface area contributed by atoms with Crippen molar-refractivity contribution in [3.8, 4) is 0 Å². The quantitative estimate of drug-likeness (QED) is 0.882. The molecule has 1 fully saturated rings. The highest BCUT2D eigenvalue weighted by atomic mass is 16.3. The number of hydrogen-bond donors (Lipinski definition) is 1. The van der Waals surface area contributed by atoms with Crippen LogP contribution in [0.15, 0.2) is 43.0 Å². The van der Waals surface area contributed by atoms with Gasteiger partial charge in [0.25, 0.3) is 0 Å². The molecule has 1 saturated heterocycles. The fourth-order valence-corrected chi connectivity index (χ4v) is 4.73. The Balaban J connectivity index is 1.42. The Morgan fingerprint density at radius 2 is 2.00 bits per heavy atom. The van der Waals surface area contributed by atoms with Crippen LogP contribution in [0.1, 0.15) is 49.0 Å². The summed E-state index contributed by atoms with van der Waals surface area (Å²) >= 11 is 0. The number of rotatable bonds is 4. The monoisotopic (exact) mass is 380 g/mol. The van der Waals surface area contributed by atoms with E-state index in [1.54, 1.807) is 19.3 Å². The lowest BCUT2D eigenvalue weighted by Gasteiger charge is -2.32. The van der Waals surface area contributed by atoms with Crippen molar-refractivity contribution in [2.24, 2.45) is 0 Å². The van der Waals surface area contributed by atoms with E-state index in [1.165, 1.54) is 11.9 Å². The van der Waals surface area contributed by atoms with Crippen LogP contribution in [0.2, 0.25) is 0 Å². The van der Waals surface area contributed by atoms with Crippen molar-refractivity contribution in [1.82, 2.24) is 19.8 Å². The van der Waals surface area contributed by atoms with Crippen molar-refractivity contribution in [2.45, 2.75) is 57.3 Å². The first-order chi connectivity index (χ1) is 13.6. The van der Waals surface area contributed by atoms with Crippen LogP contribution < -0.4 is 0 Å². The minimum atomic E-state index is -0.418. The van der Waals surface area contributed by atoms with E-state index in [0.29, 0.717) is 6.54 Å². The minimum absolute atomic E-state index is 0.0932. The number of amides is 1. The van der Waals surface area contributed by atoms with Gasteiger partial charge in [-0.15, -0.1) is 0 Å². The molecule has 1 amide bonds. The first-order valence-corrected chi connectivity index (χ1v) is 10.1. The number of carbonyl (C=O) groups is 1. The molecule has 1 aliphatic carbocycles. The van der Waals surface area contributed by atoms with E-state index < -0.39 is 6.10 Å². The number of carbonyl (C=O) groups excluding carboxylic acids is 1. The van der Waals surface area contributed by atoms with Crippen LogP contribution >= 0.6 is 0 Å². The molecule has 2 heterocycles. The predicted octanol–water partition coefficient (Wildman–Crippen LogP) is 2.34. The van der Waals surface area contributed by atoms with Gasteiger partial charge in [0.05, 0.1) is 6.10 Å². The van der Waals surface area contributed by atoms with E-state index in [-0.39, 0.29) is 18.0 Å². The van der Waals surface area contributed by atoms with Gasteiger partial charge in [0.2, 0.25) is 5.91 Å². The minimum Gasteiger partial charge on any atom is -0.387 e. The van der Waals surface area contributed by atoms with Gasteiger partial charge in [0.15, 0.2) is 0 Å². The van der Waals surface area contributed by atoms with E-state index in [0.717, 1.165) is 49.9 Å². The number of likely N-dealkylation sites (tertiary alicyclic amines) is 1. The number of nitrogens with zero attached hydrogens (tertiary/aromatic N) is 4. The Morgan fingerprint density at radius 1 is 1.21 bits per heavy atom. The lowest BCUT2D eigenvalue weighted by Crippen LogP contribution is -2.41. The van der Waals surface area contributed by atoms with Gasteiger partial charge in [0, 0.05) is 50.1 Å². The summed E-state index contributed by atoms with van der Waals surface area (Å²) in [7, 11) is 0. The maximum Gasteiger partial charge on any atom is 0.219 e. The summed E-state index contributed by atoms with van der Waals surface area (Å²) in [6.45, 7) is 4.06. The molecule has 4 rings (SSSR count). The summed E-state index contributed by atoms with van der Waals surface area (Å²) in [5, 5.41) is 10.8. The van der Waals surface area contributed by atoms with Crippen molar-refractivity contribution >= 4 is 5.91 Å². The predicted molar refractivity (Wildman–Crippen MR) is 106 cm³/mol. The summed E-state index contributed by atoms with van der Waals surface area (Å²) in [6.07, 6.45) is 8.48. The number of aromatic nitrogens is 2. The van der Waals surface area contributed by atoms with Crippen LogP contribution in [0.4, 0.5) is 0 Å². The molecule has 0 saturated carbocycles. The largest absolute Gasteiger partial charge is 0.387 e. The number of hydrogen-bond acceptors (Lipinski definition) is 5. The van der Waals surface area contributed by atoms with Crippen LogP contribution in [0.5, 0.6) is 0 Å². The van der Waals surface area contributed by atoms with Gasteiger partial charge in [0.1, 0.15) is 6.33 Å². The number of benzene rings is 1. The lowest BCUT2D eigenvalue weighted by atomic mass is 10.1. The van der Waals surface area contributed by atoms with Crippen molar-refractivity contribution in [3.63, 3.8) is 0 Å². The van der Waals surface area contributed by atoms with Crippen LogP contribution in [0.25, 0.3) is 0 Å². The molecule has 0 bridgehead atoms. The van der Waals surface area contributed by atoms with Crippen molar-refractivity contribution in [2.75, 3.05) is 13.1 Å². The Labute approximate surface area is 166 Å². The molecule has 28 heavy (non-hydrogen) atoms. The Morgan fingerprint density at radius 3 is 2.75 bits per heavy atom. The third-order valence-electron chi connectivity index (χ3n) is 6.18. The molecule has 0 unspecified atom stereocenters. The molecule has 6 nitrogen and oxygen atoms in total. The zero-order valence-electron chi connectivity index (χ0n) is 16.4. The van der Waals surface area contributed by atoms with Crippen LogP contribution in [0.3, 0.4) is 0 Å². The molecule has 1 aromatic carbocycles. The maximum absolute atomic E-state index is 12.3. The molecule has 1 aliphatic heterocycles. The van der Waals surface area contributed by atoms with E-state index >= 15 is 0 Å². The molecule has 6 heteroatoms.